The van der Waals surface area contributed by atoms with Crippen molar-refractivity contribution < 1.29 is 53.1 Å². The lowest BCUT2D eigenvalue weighted by Gasteiger charge is -2.28. The van der Waals surface area contributed by atoms with Gasteiger partial charge in [0.1, 0.15) is 0 Å². The Morgan fingerprint density at radius 2 is 0.929 bits per heavy atom. The molecule has 0 aliphatic heterocycles. The van der Waals surface area contributed by atoms with Crippen LogP contribution in [0.15, 0.2) is 104 Å². The molecule has 0 fully saturated rings. The molecule has 0 radical (unpaired) electrons. The quantitative estimate of drug-likeness (QED) is 0.0203. The Bertz CT molecular complexity index is 3000. The second kappa shape index (κ2) is 47.8. The number of aromatic amines is 1. The number of aliphatic hydroxyl groups excluding tert-OH is 1. The highest BCUT2D eigenvalue weighted by molar-refractivity contribution is 7.98. The lowest BCUT2D eigenvalue weighted by Crippen LogP contribution is -2.50. The van der Waals surface area contributed by atoms with Crippen LogP contribution in [-0.2, 0) is 73.6 Å². The fourth-order valence-corrected chi connectivity index (χ4v) is 12.9. The molecule has 4 aromatic rings. The van der Waals surface area contributed by atoms with E-state index in [2.05, 4.69) is 43.5 Å². The molecular formula is C79H117N7O11S. The molecular weight excluding hydrogens is 1250 g/mol. The summed E-state index contributed by atoms with van der Waals surface area (Å²) in [7, 11) is 0. The molecule has 0 unspecified atom stereocenters. The van der Waals surface area contributed by atoms with Crippen molar-refractivity contribution in [1.29, 1.82) is 0 Å². The van der Waals surface area contributed by atoms with E-state index in [-0.39, 0.29) is 94.2 Å². The van der Waals surface area contributed by atoms with Crippen LogP contribution in [-0.4, -0.2) is 122 Å². The van der Waals surface area contributed by atoms with Crippen LogP contribution >= 0.6 is 11.8 Å². The Labute approximate surface area is 588 Å². The van der Waals surface area contributed by atoms with E-state index in [9.17, 15) is 53.1 Å². The van der Waals surface area contributed by atoms with E-state index in [4.69, 9.17) is 0 Å². The Kier molecular flexibility index (Phi) is 40.6. The van der Waals surface area contributed by atoms with E-state index in [1.807, 2.05) is 125 Å². The molecule has 19 heteroatoms. The Balaban J connectivity index is 1.45. The van der Waals surface area contributed by atoms with E-state index in [1.165, 1.54) is 82.3 Å². The highest BCUT2D eigenvalue weighted by Gasteiger charge is 2.37. The van der Waals surface area contributed by atoms with Gasteiger partial charge < -0.3 is 36.7 Å². The standard InChI is InChI=1S/C79H117N7O11S/c1-9-12-13-14-15-16-17-18-19-20-21-22-23-33-40-75(93)83-69(50-64-52-80-54-81-64)73(91)49-63(53-87)78(96)84-66(43-55(4)5)74(92)51-65(56(6)10-2)79(97)86-68(46-60-38-31-26-32-39-60)72(90)47-61(41-42-98-8)76(94)82-57(7)71(89)48-62(44-58-34-27-24-28-35-58)77(95)85-67(70(88)11-3)45-59-36-29-25-30-37-59/h24-32,34-39,52,54-57,61-63,65-69,87H,9-23,33,40-51,53H2,1-8H3,(H,80,81)(H,82,94)(H,83,93)(H,84,96)(H,85,95)(H,86,97)/t56-,57-,61+,62+,63-,65-,66-,67-,68-,69-/m0/s1. The molecule has 0 saturated heterocycles. The predicted molar refractivity (Wildman–Crippen MR) is 390 cm³/mol. The number of H-pyrrole nitrogens is 1. The van der Waals surface area contributed by atoms with E-state index < -0.39 is 114 Å². The summed E-state index contributed by atoms with van der Waals surface area (Å²) in [5, 5.41) is 25.2. The number of imidazole rings is 1. The van der Waals surface area contributed by atoms with Crippen LogP contribution in [0.5, 0.6) is 0 Å². The van der Waals surface area contributed by atoms with Crippen molar-refractivity contribution in [2.24, 2.45) is 35.5 Å². The van der Waals surface area contributed by atoms with Crippen LogP contribution in [0.4, 0.5) is 0 Å². The molecule has 0 spiro atoms. The maximum atomic E-state index is 14.8. The zero-order chi connectivity index (χ0) is 71.6. The molecule has 7 N–H and O–H groups in total. The number of nitrogens with one attached hydrogen (secondary N) is 6. The lowest BCUT2D eigenvalue weighted by molar-refractivity contribution is -0.137. The van der Waals surface area contributed by atoms with Crippen LogP contribution in [0.2, 0.25) is 0 Å². The van der Waals surface area contributed by atoms with Gasteiger partial charge in [-0.2, -0.15) is 11.8 Å². The summed E-state index contributed by atoms with van der Waals surface area (Å²) in [4.78, 5) is 149. The number of hydrogen-bond acceptors (Lipinski definition) is 13. The maximum absolute atomic E-state index is 14.8. The molecule has 5 amide bonds. The van der Waals surface area contributed by atoms with Gasteiger partial charge in [0.15, 0.2) is 28.9 Å². The number of benzene rings is 3. The molecule has 540 valence electrons. The van der Waals surface area contributed by atoms with Crippen molar-refractivity contribution in [3.63, 3.8) is 0 Å². The molecule has 0 saturated carbocycles. The highest BCUT2D eigenvalue weighted by atomic mass is 32.2. The van der Waals surface area contributed by atoms with Gasteiger partial charge in [-0.05, 0) is 86.0 Å². The summed E-state index contributed by atoms with van der Waals surface area (Å²) in [6.45, 7) is 12.3. The van der Waals surface area contributed by atoms with Gasteiger partial charge >= 0.3 is 0 Å². The van der Waals surface area contributed by atoms with Gasteiger partial charge in [-0.25, -0.2) is 4.98 Å². The molecule has 98 heavy (non-hydrogen) atoms. The number of carbonyl (C=O) groups excluding carboxylic acids is 10. The van der Waals surface area contributed by atoms with Gasteiger partial charge in [-0.1, -0.05) is 222 Å². The summed E-state index contributed by atoms with van der Waals surface area (Å²) in [5.41, 5.74) is 3.02. The van der Waals surface area contributed by atoms with E-state index in [1.54, 1.807) is 20.0 Å². The van der Waals surface area contributed by atoms with Crippen molar-refractivity contribution in [1.82, 2.24) is 36.6 Å². The molecule has 1 heterocycles. The second-order valence-electron chi connectivity index (χ2n) is 27.4. The van der Waals surface area contributed by atoms with Crippen molar-refractivity contribution in [3.05, 3.63) is 126 Å². The Hall–Kier alpha value is -7.12. The number of hydrogen-bond donors (Lipinski definition) is 7. The monoisotopic (exact) mass is 1370 g/mol. The zero-order valence-corrected chi connectivity index (χ0v) is 60.9. The minimum Gasteiger partial charge on any atom is -0.396 e. The highest BCUT2D eigenvalue weighted by Crippen LogP contribution is 2.25. The van der Waals surface area contributed by atoms with Gasteiger partial charge in [-0.15, -0.1) is 0 Å². The molecule has 18 nitrogen and oxygen atoms in total. The maximum Gasteiger partial charge on any atom is 0.226 e. The minimum atomic E-state index is -1.26. The third kappa shape index (κ3) is 32.3. The van der Waals surface area contributed by atoms with Crippen molar-refractivity contribution in [2.75, 3.05) is 18.6 Å². The molecule has 10 atom stereocenters. The summed E-state index contributed by atoms with van der Waals surface area (Å²) in [5.74, 6) is -8.52. The lowest BCUT2D eigenvalue weighted by atomic mass is 9.83. The first-order valence-corrected chi connectivity index (χ1v) is 37.9. The van der Waals surface area contributed by atoms with Crippen LogP contribution in [0.25, 0.3) is 0 Å². The topological polar surface area (TPSA) is 280 Å². The van der Waals surface area contributed by atoms with Crippen LogP contribution in [0, 0.1) is 35.5 Å². The van der Waals surface area contributed by atoms with Crippen LogP contribution < -0.4 is 26.6 Å². The summed E-state index contributed by atoms with van der Waals surface area (Å²) in [6, 6.07) is 22.6. The summed E-state index contributed by atoms with van der Waals surface area (Å²) >= 11 is 1.48. The Morgan fingerprint density at radius 3 is 1.42 bits per heavy atom. The van der Waals surface area contributed by atoms with Crippen LogP contribution in [0.1, 0.15) is 219 Å². The largest absolute Gasteiger partial charge is 0.396 e. The molecule has 0 bridgehead atoms. The number of rotatable bonds is 54. The second-order valence-corrected chi connectivity index (χ2v) is 28.4. The Morgan fingerprint density at radius 1 is 0.480 bits per heavy atom. The number of carbonyl (C=O) groups is 10. The van der Waals surface area contributed by atoms with E-state index in [0.717, 1.165) is 36.0 Å². The van der Waals surface area contributed by atoms with Gasteiger partial charge in [0.05, 0.1) is 49.1 Å². The fraction of sp³-hybridized carbons (Fsp3) is 0.608. The number of aliphatic hydroxyl groups is 1. The average molecular weight is 1370 g/mol. The third-order valence-electron chi connectivity index (χ3n) is 18.8. The fourth-order valence-electron chi connectivity index (χ4n) is 12.4. The van der Waals surface area contributed by atoms with Crippen molar-refractivity contribution in [3.8, 4) is 0 Å². The first kappa shape index (κ1) is 83.3. The van der Waals surface area contributed by atoms with E-state index >= 15 is 0 Å². The van der Waals surface area contributed by atoms with Gasteiger partial charge in [0.2, 0.25) is 29.5 Å². The number of aromatic nitrogens is 2. The molecule has 1 aromatic heterocycles. The zero-order valence-electron chi connectivity index (χ0n) is 60.1. The first-order valence-electron chi connectivity index (χ1n) is 36.5. The van der Waals surface area contributed by atoms with E-state index in [0.29, 0.717) is 24.3 Å². The molecule has 0 aliphatic rings. The SMILES string of the molecule is CCCCCCCCCCCCCCCCC(=O)N[C@@H](Cc1cnc[nH]1)C(=O)C[C@@H](CO)C(=O)N[C@@H](CC(C)C)C(=O)C[C@H](C(=O)N[C@@H](Cc1ccccc1)C(=O)C[C@@H](CCSC)C(=O)N[C@@H](C)C(=O)C[C@@H](Cc1ccccc1)C(=O)N[C@@H](Cc1ccccc1)C(=O)CC)[C@@H](C)CC. The first-order chi connectivity index (χ1) is 47.2. The normalized spacial score (nSPS) is 14.5. The molecule has 3 aromatic carbocycles. The predicted octanol–water partition coefficient (Wildman–Crippen LogP) is 12.1. The smallest absolute Gasteiger partial charge is 0.226 e. The number of ketones is 5. The summed E-state index contributed by atoms with van der Waals surface area (Å²) < 4.78 is 0. The minimum absolute atomic E-state index is 0.0680. The summed E-state index contributed by atoms with van der Waals surface area (Å²) in [6.07, 6.45) is 22.2. The molecule has 0 aliphatic carbocycles. The number of Topliss-reactive ketones (excluding diaryl/α,β-unsaturated/α-hetero) is 5. The van der Waals surface area contributed by atoms with Gasteiger partial charge in [0.25, 0.3) is 0 Å². The average Bonchev–Trinajstić information content (AvgIpc) is 0.905. The van der Waals surface area contributed by atoms with Gasteiger partial charge in [-0.3, -0.25) is 47.9 Å². The number of thioether (sulfide) groups is 1. The van der Waals surface area contributed by atoms with Crippen molar-refractivity contribution in [2.45, 2.75) is 252 Å². The van der Waals surface area contributed by atoms with Gasteiger partial charge in [0, 0.05) is 74.6 Å². The molecule has 4 rings (SSSR count). The van der Waals surface area contributed by atoms with Crippen molar-refractivity contribution >= 4 is 70.2 Å². The number of amides is 5. The third-order valence-corrected chi connectivity index (χ3v) is 19.4. The number of nitrogens with zero attached hydrogens (tertiary/aromatic N) is 1. The van der Waals surface area contributed by atoms with Crippen LogP contribution in [0.3, 0.4) is 0 Å². The number of unbranched alkanes of at least 4 members (excludes halogenated alkanes) is 13.